The molecule has 0 aliphatic carbocycles. The van der Waals surface area contributed by atoms with Crippen molar-refractivity contribution in [1.29, 1.82) is 0 Å². The van der Waals surface area contributed by atoms with Gasteiger partial charge in [0.25, 0.3) is 0 Å². The van der Waals surface area contributed by atoms with Crippen molar-refractivity contribution in [1.82, 2.24) is 4.90 Å². The zero-order valence-corrected chi connectivity index (χ0v) is 9.60. The molecule has 1 heterocycles. The second-order valence-electron chi connectivity index (χ2n) is 4.33. The summed E-state index contributed by atoms with van der Waals surface area (Å²) in [5.74, 6) is -0.452. The van der Waals surface area contributed by atoms with E-state index in [0.29, 0.717) is 12.1 Å². The third-order valence-corrected chi connectivity index (χ3v) is 3.21. The Morgan fingerprint density at radius 3 is 2.94 bits per heavy atom. The molecule has 17 heavy (non-hydrogen) atoms. The van der Waals surface area contributed by atoms with Gasteiger partial charge < -0.3 is 10.0 Å². The number of likely N-dealkylation sites (tertiary alicyclic amines) is 1. The van der Waals surface area contributed by atoms with E-state index in [-0.39, 0.29) is 30.8 Å². The van der Waals surface area contributed by atoms with E-state index in [1.165, 1.54) is 6.07 Å². The van der Waals surface area contributed by atoms with Crippen LogP contribution in [0.2, 0.25) is 0 Å². The fourth-order valence-corrected chi connectivity index (χ4v) is 2.26. The van der Waals surface area contributed by atoms with Crippen molar-refractivity contribution >= 4 is 5.91 Å². The normalized spacial score (nSPS) is 19.6. The van der Waals surface area contributed by atoms with Gasteiger partial charge in [0, 0.05) is 6.54 Å². The molecule has 0 unspecified atom stereocenters. The maximum atomic E-state index is 13.4. The Morgan fingerprint density at radius 1 is 1.47 bits per heavy atom. The second-order valence-corrected chi connectivity index (χ2v) is 4.33. The minimum atomic E-state index is -0.347. The first-order chi connectivity index (χ1) is 8.22. The van der Waals surface area contributed by atoms with Crippen LogP contribution in [0.5, 0.6) is 0 Å². The van der Waals surface area contributed by atoms with Crippen molar-refractivity contribution < 1.29 is 14.3 Å². The SMILES string of the molecule is O=C(Cc1ccccc1F)N1CCC[C@H]1CO. The van der Waals surface area contributed by atoms with E-state index >= 15 is 0 Å². The highest BCUT2D eigenvalue weighted by molar-refractivity contribution is 5.79. The number of carbonyl (C=O) groups excluding carboxylic acids is 1. The summed E-state index contributed by atoms with van der Waals surface area (Å²) in [4.78, 5) is 13.6. The molecule has 0 spiro atoms. The molecule has 4 heteroatoms. The molecule has 92 valence electrons. The first-order valence-corrected chi connectivity index (χ1v) is 5.86. The molecule has 3 nitrogen and oxygen atoms in total. The predicted octanol–water partition coefficient (Wildman–Crippen LogP) is 1.35. The summed E-state index contributed by atoms with van der Waals surface area (Å²) in [6.07, 6.45) is 1.82. The fourth-order valence-electron chi connectivity index (χ4n) is 2.26. The Labute approximate surface area is 99.9 Å². The second kappa shape index (κ2) is 5.27. The molecule has 0 bridgehead atoms. The van der Waals surface area contributed by atoms with Crippen LogP contribution in [-0.2, 0) is 11.2 Å². The van der Waals surface area contributed by atoms with Crippen LogP contribution in [-0.4, -0.2) is 35.1 Å². The number of carbonyl (C=O) groups is 1. The summed E-state index contributed by atoms with van der Waals surface area (Å²) < 4.78 is 13.4. The lowest BCUT2D eigenvalue weighted by molar-refractivity contribution is -0.132. The summed E-state index contributed by atoms with van der Waals surface area (Å²) in [6, 6.07) is 6.22. The Hall–Kier alpha value is -1.42. The third kappa shape index (κ3) is 2.64. The molecule has 0 saturated carbocycles. The van der Waals surface area contributed by atoms with Gasteiger partial charge in [-0.05, 0) is 24.5 Å². The first-order valence-electron chi connectivity index (χ1n) is 5.86. The number of nitrogens with zero attached hydrogens (tertiary/aromatic N) is 1. The van der Waals surface area contributed by atoms with E-state index in [1.807, 2.05) is 0 Å². The van der Waals surface area contributed by atoms with Gasteiger partial charge >= 0.3 is 0 Å². The lowest BCUT2D eigenvalue weighted by Gasteiger charge is -2.23. The summed E-state index contributed by atoms with van der Waals surface area (Å²) in [7, 11) is 0. The number of amides is 1. The van der Waals surface area contributed by atoms with Crippen LogP contribution in [0.1, 0.15) is 18.4 Å². The summed E-state index contributed by atoms with van der Waals surface area (Å²) >= 11 is 0. The number of rotatable bonds is 3. The summed E-state index contributed by atoms with van der Waals surface area (Å²) in [6.45, 7) is 0.654. The Balaban J connectivity index is 2.04. The van der Waals surface area contributed by atoms with E-state index in [2.05, 4.69) is 0 Å². The molecule has 1 aromatic carbocycles. The van der Waals surface area contributed by atoms with E-state index in [0.717, 1.165) is 12.8 Å². The Kier molecular flexibility index (Phi) is 3.74. The topological polar surface area (TPSA) is 40.5 Å². The Bertz CT molecular complexity index is 408. The van der Waals surface area contributed by atoms with E-state index < -0.39 is 0 Å². The van der Waals surface area contributed by atoms with Crippen molar-refractivity contribution in [2.24, 2.45) is 0 Å². The van der Waals surface area contributed by atoms with Crippen LogP contribution in [0, 0.1) is 5.82 Å². The number of hydrogen-bond acceptors (Lipinski definition) is 2. The zero-order chi connectivity index (χ0) is 12.3. The molecule has 1 aliphatic rings. The molecule has 1 N–H and O–H groups in total. The van der Waals surface area contributed by atoms with Crippen LogP contribution in [0.15, 0.2) is 24.3 Å². The molecular formula is C13H16FNO2. The van der Waals surface area contributed by atoms with Gasteiger partial charge in [-0.15, -0.1) is 0 Å². The van der Waals surface area contributed by atoms with Gasteiger partial charge in [-0.2, -0.15) is 0 Å². The highest BCUT2D eigenvalue weighted by Crippen LogP contribution is 2.18. The molecule has 1 fully saturated rings. The summed E-state index contributed by atoms with van der Waals surface area (Å²) in [5, 5.41) is 9.14. The zero-order valence-electron chi connectivity index (χ0n) is 9.60. The maximum Gasteiger partial charge on any atom is 0.227 e. The van der Waals surface area contributed by atoms with E-state index in [1.54, 1.807) is 23.1 Å². The molecule has 1 saturated heterocycles. The van der Waals surface area contributed by atoms with Crippen LogP contribution in [0.3, 0.4) is 0 Å². The van der Waals surface area contributed by atoms with E-state index in [9.17, 15) is 9.18 Å². The molecule has 1 aliphatic heterocycles. The quantitative estimate of drug-likeness (QED) is 0.862. The highest BCUT2D eigenvalue weighted by Gasteiger charge is 2.28. The minimum Gasteiger partial charge on any atom is -0.394 e. The average Bonchev–Trinajstić information content (AvgIpc) is 2.80. The number of hydrogen-bond donors (Lipinski definition) is 1. The average molecular weight is 237 g/mol. The standard InChI is InChI=1S/C13H16FNO2/c14-12-6-2-1-4-10(12)8-13(17)15-7-3-5-11(15)9-16/h1-2,4,6,11,16H,3,5,7-9H2/t11-/m0/s1. The largest absolute Gasteiger partial charge is 0.394 e. The van der Waals surface area contributed by atoms with Gasteiger partial charge in [0.15, 0.2) is 0 Å². The summed E-state index contributed by atoms with van der Waals surface area (Å²) in [5.41, 5.74) is 0.418. The van der Waals surface area contributed by atoms with Gasteiger partial charge in [-0.25, -0.2) is 4.39 Å². The van der Waals surface area contributed by atoms with Gasteiger partial charge in [-0.1, -0.05) is 18.2 Å². The minimum absolute atomic E-state index is 0.0109. The number of aliphatic hydroxyl groups is 1. The first kappa shape index (κ1) is 12.0. The van der Waals surface area contributed by atoms with Crippen molar-refractivity contribution in [2.75, 3.05) is 13.2 Å². The number of halogens is 1. The van der Waals surface area contributed by atoms with Crippen molar-refractivity contribution in [3.8, 4) is 0 Å². The lowest BCUT2D eigenvalue weighted by atomic mass is 10.1. The lowest BCUT2D eigenvalue weighted by Crippen LogP contribution is -2.38. The van der Waals surface area contributed by atoms with Gasteiger partial charge in [-0.3, -0.25) is 4.79 Å². The predicted molar refractivity (Wildman–Crippen MR) is 61.9 cm³/mol. The van der Waals surface area contributed by atoms with Crippen LogP contribution >= 0.6 is 0 Å². The smallest absolute Gasteiger partial charge is 0.227 e. The van der Waals surface area contributed by atoms with Crippen molar-refractivity contribution in [2.45, 2.75) is 25.3 Å². The molecule has 1 aromatic rings. The molecule has 2 rings (SSSR count). The molecule has 0 aromatic heterocycles. The van der Waals surface area contributed by atoms with Gasteiger partial charge in [0.1, 0.15) is 5.82 Å². The van der Waals surface area contributed by atoms with Crippen molar-refractivity contribution in [3.05, 3.63) is 35.6 Å². The van der Waals surface area contributed by atoms with Gasteiger partial charge in [0.2, 0.25) is 5.91 Å². The maximum absolute atomic E-state index is 13.4. The highest BCUT2D eigenvalue weighted by atomic mass is 19.1. The molecular weight excluding hydrogens is 221 g/mol. The molecule has 0 radical (unpaired) electrons. The fraction of sp³-hybridized carbons (Fsp3) is 0.462. The molecule has 1 amide bonds. The van der Waals surface area contributed by atoms with Crippen LogP contribution < -0.4 is 0 Å². The number of aliphatic hydroxyl groups excluding tert-OH is 1. The monoisotopic (exact) mass is 237 g/mol. The Morgan fingerprint density at radius 2 is 2.24 bits per heavy atom. The van der Waals surface area contributed by atoms with Crippen LogP contribution in [0.25, 0.3) is 0 Å². The van der Waals surface area contributed by atoms with Gasteiger partial charge in [0.05, 0.1) is 19.1 Å². The third-order valence-electron chi connectivity index (χ3n) is 3.21. The molecule has 1 atom stereocenters. The van der Waals surface area contributed by atoms with E-state index in [4.69, 9.17) is 5.11 Å². The number of benzene rings is 1. The van der Waals surface area contributed by atoms with Crippen molar-refractivity contribution in [3.63, 3.8) is 0 Å². The van der Waals surface area contributed by atoms with Crippen LogP contribution in [0.4, 0.5) is 4.39 Å².